The summed E-state index contributed by atoms with van der Waals surface area (Å²) < 4.78 is 0. The lowest BCUT2D eigenvalue weighted by Gasteiger charge is -2.27. The minimum atomic E-state index is 0.160. The van der Waals surface area contributed by atoms with Gasteiger partial charge in [0.1, 0.15) is 0 Å². The van der Waals surface area contributed by atoms with Crippen molar-refractivity contribution < 1.29 is 0 Å². The van der Waals surface area contributed by atoms with E-state index in [4.69, 9.17) is 0 Å². The quantitative estimate of drug-likeness (QED) is 0.452. The predicted molar refractivity (Wildman–Crippen MR) is 128 cm³/mol. The van der Waals surface area contributed by atoms with Crippen LogP contribution in [0, 0.1) is 0 Å². The molecule has 3 aromatic rings. The first-order valence-electron chi connectivity index (χ1n) is 11.2. The van der Waals surface area contributed by atoms with Crippen molar-refractivity contribution in [2.24, 2.45) is 0 Å². The van der Waals surface area contributed by atoms with Crippen molar-refractivity contribution in [3.05, 3.63) is 107 Å². The number of hydrazine groups is 1. The number of para-hydroxylation sites is 1. The van der Waals surface area contributed by atoms with Crippen molar-refractivity contribution in [1.29, 1.82) is 0 Å². The lowest BCUT2D eigenvalue weighted by Crippen LogP contribution is -2.33. The minimum Gasteiger partial charge on any atom is -0.297 e. The Labute approximate surface area is 181 Å². The molecule has 0 radical (unpaired) electrons. The Bertz CT molecular complexity index is 969. The molecule has 0 saturated heterocycles. The Morgan fingerprint density at radius 2 is 1.57 bits per heavy atom. The molecule has 1 unspecified atom stereocenters. The summed E-state index contributed by atoms with van der Waals surface area (Å²) in [5.41, 5.74) is 11.3. The van der Waals surface area contributed by atoms with Gasteiger partial charge < -0.3 is 0 Å². The van der Waals surface area contributed by atoms with Gasteiger partial charge in [0, 0.05) is 0 Å². The van der Waals surface area contributed by atoms with Crippen LogP contribution >= 0.6 is 0 Å². The average molecular weight is 397 g/mol. The standard InChI is InChI=1S/C28H32N2/c1-4-5-9-22-12-14-25(15-13-22)28-20-27(24-18-16-23(17-19-24)21(2)3)29-30(28)26-10-7-6-8-11-26/h6-8,10-21,28-29H,4-5,9H2,1-3H3. The van der Waals surface area contributed by atoms with Gasteiger partial charge >= 0.3 is 0 Å². The summed E-state index contributed by atoms with van der Waals surface area (Å²) in [5, 5.41) is 2.27. The van der Waals surface area contributed by atoms with Gasteiger partial charge in [0.15, 0.2) is 0 Å². The molecule has 4 rings (SSSR count). The van der Waals surface area contributed by atoms with Gasteiger partial charge in [0.25, 0.3) is 0 Å². The van der Waals surface area contributed by atoms with Crippen LogP contribution in [0.3, 0.4) is 0 Å². The second-order valence-electron chi connectivity index (χ2n) is 8.46. The van der Waals surface area contributed by atoms with Crippen LogP contribution in [-0.2, 0) is 6.42 Å². The molecule has 0 amide bonds. The van der Waals surface area contributed by atoms with E-state index >= 15 is 0 Å². The van der Waals surface area contributed by atoms with Crippen molar-refractivity contribution >= 4 is 11.4 Å². The van der Waals surface area contributed by atoms with Gasteiger partial charge in [-0.3, -0.25) is 10.4 Å². The van der Waals surface area contributed by atoms with Gasteiger partial charge in [0.05, 0.1) is 17.4 Å². The maximum absolute atomic E-state index is 3.66. The second kappa shape index (κ2) is 9.21. The average Bonchev–Trinajstić information content (AvgIpc) is 3.24. The van der Waals surface area contributed by atoms with Crippen molar-refractivity contribution in [1.82, 2.24) is 5.43 Å². The Morgan fingerprint density at radius 1 is 0.867 bits per heavy atom. The minimum absolute atomic E-state index is 0.160. The lowest BCUT2D eigenvalue weighted by atomic mass is 9.99. The van der Waals surface area contributed by atoms with Crippen LogP contribution in [0.1, 0.15) is 67.8 Å². The van der Waals surface area contributed by atoms with E-state index in [0.29, 0.717) is 5.92 Å². The summed E-state index contributed by atoms with van der Waals surface area (Å²) in [7, 11) is 0. The van der Waals surface area contributed by atoms with E-state index in [9.17, 15) is 0 Å². The van der Waals surface area contributed by atoms with Crippen molar-refractivity contribution in [2.45, 2.75) is 52.0 Å². The maximum atomic E-state index is 3.66. The summed E-state index contributed by atoms with van der Waals surface area (Å²) in [6.45, 7) is 6.72. The normalized spacial score (nSPS) is 15.9. The number of rotatable bonds is 7. The highest BCUT2D eigenvalue weighted by atomic mass is 15.5. The molecule has 1 heterocycles. The molecule has 1 aliphatic heterocycles. The van der Waals surface area contributed by atoms with E-state index in [1.54, 1.807) is 0 Å². The zero-order valence-electron chi connectivity index (χ0n) is 18.3. The molecule has 2 heteroatoms. The first-order chi connectivity index (χ1) is 14.7. The van der Waals surface area contributed by atoms with Gasteiger partial charge in [-0.2, -0.15) is 0 Å². The first-order valence-corrected chi connectivity index (χ1v) is 11.2. The van der Waals surface area contributed by atoms with E-state index in [-0.39, 0.29) is 6.04 Å². The molecule has 0 aromatic heterocycles. The first kappa shape index (κ1) is 20.3. The number of aryl methyl sites for hydroxylation is 1. The largest absolute Gasteiger partial charge is 0.297 e. The third-order valence-electron chi connectivity index (χ3n) is 5.91. The molecule has 0 fully saturated rings. The highest BCUT2D eigenvalue weighted by Crippen LogP contribution is 2.35. The Balaban J connectivity index is 1.65. The summed E-state index contributed by atoms with van der Waals surface area (Å²) in [6.07, 6.45) is 5.98. The lowest BCUT2D eigenvalue weighted by molar-refractivity contribution is 0.723. The fraction of sp³-hybridized carbons (Fsp3) is 0.286. The zero-order valence-corrected chi connectivity index (χ0v) is 18.3. The van der Waals surface area contributed by atoms with Crippen molar-refractivity contribution in [2.75, 3.05) is 5.01 Å². The van der Waals surface area contributed by atoms with Crippen molar-refractivity contribution in [3.8, 4) is 0 Å². The van der Waals surface area contributed by atoms with E-state index in [1.165, 1.54) is 40.8 Å². The number of hydrogen-bond acceptors (Lipinski definition) is 2. The van der Waals surface area contributed by atoms with E-state index in [0.717, 1.165) is 12.1 Å². The van der Waals surface area contributed by atoms with Gasteiger partial charge in [-0.1, -0.05) is 93.9 Å². The van der Waals surface area contributed by atoms with Crippen LogP contribution in [0.4, 0.5) is 5.69 Å². The number of unbranched alkanes of at least 4 members (excludes halogenated alkanes) is 1. The van der Waals surface area contributed by atoms with Gasteiger partial charge in [0.2, 0.25) is 0 Å². The molecule has 1 N–H and O–H groups in total. The fourth-order valence-electron chi connectivity index (χ4n) is 4.00. The van der Waals surface area contributed by atoms with Crippen LogP contribution in [0.25, 0.3) is 5.70 Å². The number of nitrogens with one attached hydrogen (secondary N) is 1. The highest BCUT2D eigenvalue weighted by molar-refractivity contribution is 5.72. The highest BCUT2D eigenvalue weighted by Gasteiger charge is 2.27. The number of hydrogen-bond donors (Lipinski definition) is 1. The van der Waals surface area contributed by atoms with Crippen LogP contribution in [-0.4, -0.2) is 0 Å². The summed E-state index contributed by atoms with van der Waals surface area (Å²) in [5.74, 6) is 0.546. The van der Waals surface area contributed by atoms with Crippen molar-refractivity contribution in [3.63, 3.8) is 0 Å². The van der Waals surface area contributed by atoms with Crippen LogP contribution in [0.2, 0.25) is 0 Å². The molecular weight excluding hydrogens is 364 g/mol. The zero-order chi connectivity index (χ0) is 20.9. The summed E-state index contributed by atoms with van der Waals surface area (Å²) in [6, 6.07) is 28.8. The third kappa shape index (κ3) is 4.43. The Hall–Kier alpha value is -3.00. The number of benzene rings is 3. The van der Waals surface area contributed by atoms with Crippen LogP contribution in [0.5, 0.6) is 0 Å². The van der Waals surface area contributed by atoms with Crippen LogP contribution in [0.15, 0.2) is 84.9 Å². The third-order valence-corrected chi connectivity index (χ3v) is 5.91. The van der Waals surface area contributed by atoms with Gasteiger partial charge in [-0.25, -0.2) is 0 Å². The molecule has 1 aliphatic rings. The molecule has 0 spiro atoms. The van der Waals surface area contributed by atoms with E-state index in [1.807, 2.05) is 0 Å². The smallest absolute Gasteiger partial charge is 0.0958 e. The molecule has 0 saturated carbocycles. The van der Waals surface area contributed by atoms with E-state index in [2.05, 4.69) is 116 Å². The second-order valence-corrected chi connectivity index (χ2v) is 8.46. The molecule has 3 aromatic carbocycles. The van der Waals surface area contributed by atoms with Gasteiger partial charge in [-0.15, -0.1) is 0 Å². The molecule has 0 aliphatic carbocycles. The Kier molecular flexibility index (Phi) is 6.23. The SMILES string of the molecule is CCCCc1ccc(C2C=C(c3ccc(C(C)C)cc3)NN2c2ccccc2)cc1. The monoisotopic (exact) mass is 396 g/mol. The fourth-order valence-corrected chi connectivity index (χ4v) is 4.00. The maximum Gasteiger partial charge on any atom is 0.0958 e. The Morgan fingerprint density at radius 3 is 2.20 bits per heavy atom. The molecule has 2 nitrogen and oxygen atoms in total. The predicted octanol–water partition coefficient (Wildman–Crippen LogP) is 7.26. The molecule has 154 valence electrons. The molecule has 1 atom stereocenters. The number of nitrogens with zero attached hydrogens (tertiary/aromatic N) is 1. The summed E-state index contributed by atoms with van der Waals surface area (Å²) >= 11 is 0. The van der Waals surface area contributed by atoms with Gasteiger partial charge in [-0.05, 0) is 59.2 Å². The molecule has 30 heavy (non-hydrogen) atoms. The number of anilines is 1. The van der Waals surface area contributed by atoms with E-state index < -0.39 is 0 Å². The topological polar surface area (TPSA) is 15.3 Å². The molecular formula is C28H32N2. The van der Waals surface area contributed by atoms with Crippen LogP contribution < -0.4 is 10.4 Å². The molecule has 0 bridgehead atoms. The summed E-state index contributed by atoms with van der Waals surface area (Å²) in [4.78, 5) is 0.